The van der Waals surface area contributed by atoms with E-state index in [1.165, 1.54) is 12.1 Å². The molecule has 0 fully saturated rings. The van der Waals surface area contributed by atoms with Crippen LogP contribution in [0.25, 0.3) is 22.2 Å². The molecule has 0 amide bonds. The molecule has 2 aromatic carbocycles. The molecular formula is C19H11BrFNO2. The lowest BCUT2D eigenvalue weighted by Gasteiger charge is -2.09. The van der Waals surface area contributed by atoms with Gasteiger partial charge in [0.1, 0.15) is 5.82 Å². The molecule has 3 rings (SSSR count). The normalized spacial score (nSPS) is 10.4. The first kappa shape index (κ1) is 16.2. The van der Waals surface area contributed by atoms with E-state index in [2.05, 4.69) is 26.8 Å². The van der Waals surface area contributed by atoms with Crippen molar-refractivity contribution in [1.82, 2.24) is 4.98 Å². The molecule has 118 valence electrons. The first-order chi connectivity index (χ1) is 11.6. The number of aromatic nitrogens is 1. The van der Waals surface area contributed by atoms with Gasteiger partial charge in [0.2, 0.25) is 0 Å². The fourth-order valence-corrected chi connectivity index (χ4v) is 2.68. The Labute approximate surface area is 146 Å². The molecule has 0 bridgehead atoms. The molecular weight excluding hydrogens is 373 g/mol. The van der Waals surface area contributed by atoms with Crippen molar-refractivity contribution < 1.29 is 13.9 Å². The molecule has 1 heterocycles. The topological polar surface area (TPSA) is 39.2 Å². The van der Waals surface area contributed by atoms with E-state index in [-0.39, 0.29) is 12.4 Å². The first-order valence-corrected chi connectivity index (χ1v) is 7.84. The van der Waals surface area contributed by atoms with Crippen molar-refractivity contribution in [2.45, 2.75) is 0 Å². The van der Waals surface area contributed by atoms with Crippen LogP contribution in [0.3, 0.4) is 0 Å². The van der Waals surface area contributed by atoms with Gasteiger partial charge in [-0.3, -0.25) is 0 Å². The number of terminal acetylenes is 1. The molecule has 3 aromatic rings. The highest BCUT2D eigenvalue weighted by Crippen LogP contribution is 2.27. The van der Waals surface area contributed by atoms with E-state index in [1.807, 2.05) is 6.07 Å². The fraction of sp³-hybridized carbons (Fsp3) is 0.0526. The first-order valence-electron chi connectivity index (χ1n) is 7.05. The van der Waals surface area contributed by atoms with Crippen LogP contribution in [0.1, 0.15) is 10.4 Å². The molecule has 3 nitrogen and oxygen atoms in total. The highest BCUT2D eigenvalue weighted by molar-refractivity contribution is 9.10. The molecule has 0 saturated carbocycles. The molecule has 0 aliphatic heterocycles. The van der Waals surface area contributed by atoms with Gasteiger partial charge in [-0.15, -0.1) is 6.42 Å². The maximum atomic E-state index is 13.1. The smallest absolute Gasteiger partial charge is 0.339 e. The Morgan fingerprint density at radius 1 is 1.21 bits per heavy atom. The molecule has 0 saturated heterocycles. The van der Waals surface area contributed by atoms with Gasteiger partial charge in [-0.2, -0.15) is 0 Å². The number of hydrogen-bond donors (Lipinski definition) is 0. The zero-order valence-electron chi connectivity index (χ0n) is 12.4. The molecule has 1 aromatic heterocycles. The van der Waals surface area contributed by atoms with Crippen LogP contribution in [-0.4, -0.2) is 17.6 Å². The number of benzene rings is 2. The minimum Gasteiger partial charge on any atom is -0.449 e. The van der Waals surface area contributed by atoms with Crippen molar-refractivity contribution in [2.75, 3.05) is 6.61 Å². The van der Waals surface area contributed by atoms with Gasteiger partial charge < -0.3 is 4.74 Å². The third-order valence-electron chi connectivity index (χ3n) is 3.42. The zero-order chi connectivity index (χ0) is 17.1. The summed E-state index contributed by atoms with van der Waals surface area (Å²) in [5.74, 6) is 1.41. The van der Waals surface area contributed by atoms with Gasteiger partial charge in [-0.05, 0) is 48.5 Å². The Morgan fingerprint density at radius 3 is 2.67 bits per heavy atom. The van der Waals surface area contributed by atoms with Crippen molar-refractivity contribution >= 4 is 32.8 Å². The van der Waals surface area contributed by atoms with Crippen LogP contribution >= 0.6 is 15.9 Å². The summed E-state index contributed by atoms with van der Waals surface area (Å²) in [5.41, 5.74) is 2.24. The number of carbonyl (C=O) groups excluding carboxylic acids is 1. The van der Waals surface area contributed by atoms with E-state index in [0.717, 1.165) is 4.47 Å². The zero-order valence-corrected chi connectivity index (χ0v) is 14.0. The van der Waals surface area contributed by atoms with Gasteiger partial charge in [0.15, 0.2) is 6.61 Å². The Hall–Kier alpha value is -2.71. The molecule has 0 atom stereocenters. The summed E-state index contributed by atoms with van der Waals surface area (Å²) in [4.78, 5) is 16.9. The summed E-state index contributed by atoms with van der Waals surface area (Å²) < 4.78 is 19.0. The number of esters is 1. The van der Waals surface area contributed by atoms with Crippen molar-refractivity contribution in [2.24, 2.45) is 0 Å². The van der Waals surface area contributed by atoms with Crippen molar-refractivity contribution in [1.29, 1.82) is 0 Å². The van der Waals surface area contributed by atoms with Crippen LogP contribution < -0.4 is 0 Å². The standard InChI is InChI=1S/C19H11BrFNO2/c1-2-9-24-19(23)16-11-18(12-3-6-14(21)7-4-12)22-17-8-5-13(20)10-15(16)17/h1,3-8,10-11H,9H2. The monoisotopic (exact) mass is 383 g/mol. The lowest BCUT2D eigenvalue weighted by molar-refractivity contribution is 0.0559. The maximum absolute atomic E-state index is 13.1. The van der Waals surface area contributed by atoms with Crippen LogP contribution in [-0.2, 0) is 4.74 Å². The Bertz CT molecular complexity index is 962. The van der Waals surface area contributed by atoms with Gasteiger partial charge in [0.05, 0.1) is 16.8 Å². The summed E-state index contributed by atoms with van der Waals surface area (Å²) in [6.07, 6.45) is 5.14. The minimum absolute atomic E-state index is 0.109. The predicted octanol–water partition coefficient (Wildman–Crippen LogP) is 4.59. The SMILES string of the molecule is C#CCOC(=O)c1cc(-c2ccc(F)cc2)nc2ccc(Br)cc12. The molecule has 0 N–H and O–H groups in total. The molecule has 0 aliphatic carbocycles. The Kier molecular flexibility index (Phi) is 4.59. The van der Waals surface area contributed by atoms with Crippen LogP contribution in [0, 0.1) is 18.2 Å². The van der Waals surface area contributed by atoms with Crippen molar-refractivity contribution in [3.8, 4) is 23.6 Å². The molecule has 0 spiro atoms. The summed E-state index contributed by atoms with van der Waals surface area (Å²) >= 11 is 3.39. The van der Waals surface area contributed by atoms with Gasteiger partial charge in [0.25, 0.3) is 0 Å². The predicted molar refractivity (Wildman–Crippen MR) is 94.0 cm³/mol. The number of ether oxygens (including phenoxy) is 1. The number of hydrogen-bond acceptors (Lipinski definition) is 3. The highest BCUT2D eigenvalue weighted by Gasteiger charge is 2.15. The lowest BCUT2D eigenvalue weighted by Crippen LogP contribution is -2.07. The van der Waals surface area contributed by atoms with Gasteiger partial charge >= 0.3 is 5.97 Å². The summed E-state index contributed by atoms with van der Waals surface area (Å²) in [5, 5.41) is 0.650. The van der Waals surface area contributed by atoms with Crippen molar-refractivity contribution in [3.63, 3.8) is 0 Å². The number of rotatable bonds is 3. The lowest BCUT2D eigenvalue weighted by atomic mass is 10.0. The number of halogens is 2. The number of fused-ring (bicyclic) bond motifs is 1. The third kappa shape index (κ3) is 3.29. The largest absolute Gasteiger partial charge is 0.449 e. The van der Waals surface area contributed by atoms with Gasteiger partial charge in [-0.1, -0.05) is 21.9 Å². The van der Waals surface area contributed by atoms with Crippen LogP contribution in [0.4, 0.5) is 4.39 Å². The second-order valence-electron chi connectivity index (χ2n) is 5.00. The second-order valence-corrected chi connectivity index (χ2v) is 5.92. The van der Waals surface area contributed by atoms with Crippen LogP contribution in [0.5, 0.6) is 0 Å². The van der Waals surface area contributed by atoms with E-state index in [4.69, 9.17) is 11.2 Å². The van der Waals surface area contributed by atoms with E-state index in [9.17, 15) is 9.18 Å². The van der Waals surface area contributed by atoms with Crippen LogP contribution in [0.2, 0.25) is 0 Å². The Balaban J connectivity index is 2.19. The number of pyridine rings is 1. The number of carbonyl (C=O) groups is 1. The average molecular weight is 384 g/mol. The number of nitrogens with zero attached hydrogens (tertiary/aromatic N) is 1. The third-order valence-corrected chi connectivity index (χ3v) is 3.91. The van der Waals surface area contributed by atoms with E-state index in [1.54, 1.807) is 30.3 Å². The van der Waals surface area contributed by atoms with Crippen LogP contribution in [0.15, 0.2) is 53.0 Å². The molecule has 0 aliphatic rings. The quantitative estimate of drug-likeness (QED) is 0.490. The van der Waals surface area contributed by atoms with Gasteiger partial charge in [0, 0.05) is 15.4 Å². The molecule has 5 heteroatoms. The summed E-state index contributed by atoms with van der Waals surface area (Å²) in [6.45, 7) is -0.109. The summed E-state index contributed by atoms with van der Waals surface area (Å²) in [6, 6.07) is 13.0. The second kappa shape index (κ2) is 6.81. The van der Waals surface area contributed by atoms with E-state index < -0.39 is 5.97 Å². The van der Waals surface area contributed by atoms with E-state index >= 15 is 0 Å². The molecule has 0 radical (unpaired) electrons. The Morgan fingerprint density at radius 2 is 1.96 bits per heavy atom. The van der Waals surface area contributed by atoms with Crippen molar-refractivity contribution in [3.05, 3.63) is 64.4 Å². The average Bonchev–Trinajstić information content (AvgIpc) is 2.59. The molecule has 24 heavy (non-hydrogen) atoms. The van der Waals surface area contributed by atoms with E-state index in [0.29, 0.717) is 27.7 Å². The fourth-order valence-electron chi connectivity index (χ4n) is 2.32. The minimum atomic E-state index is -0.526. The maximum Gasteiger partial charge on any atom is 0.339 e. The summed E-state index contributed by atoms with van der Waals surface area (Å²) in [7, 11) is 0. The highest BCUT2D eigenvalue weighted by atomic mass is 79.9. The molecule has 0 unspecified atom stereocenters. The van der Waals surface area contributed by atoms with Gasteiger partial charge in [-0.25, -0.2) is 14.2 Å².